The highest BCUT2D eigenvalue weighted by atomic mass is 31.2. The summed E-state index contributed by atoms with van der Waals surface area (Å²) in [5.74, 6) is -4.30. The summed E-state index contributed by atoms with van der Waals surface area (Å²) in [7, 11) is -1.72. The van der Waals surface area contributed by atoms with Crippen LogP contribution in [-0.2, 0) is 44.0 Å². The Morgan fingerprint density at radius 2 is 1.24 bits per heavy atom. The topological polar surface area (TPSA) is 221 Å². The van der Waals surface area contributed by atoms with Gasteiger partial charge in [0.2, 0.25) is 23.6 Å². The SMILES string of the molecule is COP(=O)(N[C@@H](CO)C(=O)N[C@@H](C)C(=O)N[C@@H](Cc1ccccc1)C(=O)N[C@@H](C)C(=O)N[C@@H](CC(C)C)C(=O)O)OC. The van der Waals surface area contributed by atoms with Gasteiger partial charge in [0, 0.05) is 20.6 Å². The normalized spacial score (nSPS) is 15.0. The molecule has 0 heterocycles. The Morgan fingerprint density at radius 1 is 0.762 bits per heavy atom. The van der Waals surface area contributed by atoms with Crippen molar-refractivity contribution in [3.05, 3.63) is 35.9 Å². The number of rotatable bonds is 18. The zero-order valence-electron chi connectivity index (χ0n) is 24.6. The second-order valence-corrected chi connectivity index (χ2v) is 12.0. The minimum absolute atomic E-state index is 0.00264. The van der Waals surface area contributed by atoms with Crippen LogP contribution in [0.5, 0.6) is 0 Å². The summed E-state index contributed by atoms with van der Waals surface area (Å²) < 4.78 is 21.7. The molecule has 0 radical (unpaired) electrons. The maximum atomic E-state index is 13.2. The molecule has 0 saturated heterocycles. The lowest BCUT2D eigenvalue weighted by Crippen LogP contribution is -2.58. The number of carbonyl (C=O) groups excluding carboxylic acids is 4. The highest BCUT2D eigenvalue weighted by Crippen LogP contribution is 2.41. The molecular formula is C26H42N5O10P. The first-order valence-corrected chi connectivity index (χ1v) is 14.8. The monoisotopic (exact) mass is 615 g/mol. The van der Waals surface area contributed by atoms with Gasteiger partial charge in [0.05, 0.1) is 6.61 Å². The molecule has 0 saturated carbocycles. The first-order valence-electron chi connectivity index (χ1n) is 13.2. The average molecular weight is 616 g/mol. The largest absolute Gasteiger partial charge is 0.480 e. The van der Waals surface area contributed by atoms with Gasteiger partial charge in [0.15, 0.2) is 0 Å². The molecule has 0 fully saturated rings. The molecular weight excluding hydrogens is 573 g/mol. The second-order valence-electron chi connectivity index (χ2n) is 9.97. The minimum atomic E-state index is -3.88. The van der Waals surface area contributed by atoms with Crippen LogP contribution in [0.3, 0.4) is 0 Å². The van der Waals surface area contributed by atoms with E-state index in [1.165, 1.54) is 13.8 Å². The maximum absolute atomic E-state index is 13.2. The number of aliphatic hydroxyl groups is 1. The van der Waals surface area contributed by atoms with Crippen molar-refractivity contribution in [3.63, 3.8) is 0 Å². The summed E-state index contributed by atoms with van der Waals surface area (Å²) >= 11 is 0. The van der Waals surface area contributed by atoms with Crippen molar-refractivity contribution in [1.29, 1.82) is 0 Å². The summed E-state index contributed by atoms with van der Waals surface area (Å²) in [5, 5.41) is 31.1. The van der Waals surface area contributed by atoms with Gasteiger partial charge in [-0.1, -0.05) is 44.2 Å². The zero-order chi connectivity index (χ0) is 32.0. The number of carbonyl (C=O) groups is 5. The third-order valence-corrected chi connectivity index (χ3v) is 7.62. The van der Waals surface area contributed by atoms with Gasteiger partial charge in [-0.25, -0.2) is 14.4 Å². The Hall–Kier alpha value is -3.36. The predicted octanol–water partition coefficient (Wildman–Crippen LogP) is -0.310. The number of hydrogen-bond acceptors (Lipinski definition) is 9. The molecule has 0 bridgehead atoms. The zero-order valence-corrected chi connectivity index (χ0v) is 25.5. The van der Waals surface area contributed by atoms with Crippen LogP contribution < -0.4 is 26.4 Å². The number of nitrogens with one attached hydrogen (secondary N) is 5. The number of aliphatic carboxylic acids is 1. The smallest absolute Gasteiger partial charge is 0.405 e. The van der Waals surface area contributed by atoms with Gasteiger partial charge >= 0.3 is 13.7 Å². The van der Waals surface area contributed by atoms with E-state index in [4.69, 9.17) is 9.05 Å². The maximum Gasteiger partial charge on any atom is 0.405 e. The lowest BCUT2D eigenvalue weighted by molar-refractivity contribution is -0.142. The van der Waals surface area contributed by atoms with E-state index >= 15 is 0 Å². The Kier molecular flexibility index (Phi) is 15.3. The molecule has 1 aromatic rings. The number of aliphatic hydroxyl groups excluding tert-OH is 1. The van der Waals surface area contributed by atoms with E-state index in [-0.39, 0.29) is 18.8 Å². The number of benzene rings is 1. The van der Waals surface area contributed by atoms with Gasteiger partial charge < -0.3 is 40.5 Å². The van der Waals surface area contributed by atoms with Crippen molar-refractivity contribution < 1.29 is 47.8 Å². The van der Waals surface area contributed by atoms with Gasteiger partial charge in [-0.2, -0.15) is 0 Å². The van der Waals surface area contributed by atoms with Gasteiger partial charge in [-0.15, -0.1) is 0 Å². The number of hydrogen-bond donors (Lipinski definition) is 7. The van der Waals surface area contributed by atoms with Crippen LogP contribution in [-0.4, -0.2) is 90.8 Å². The molecule has 16 heteroatoms. The van der Waals surface area contributed by atoms with E-state index in [1.54, 1.807) is 30.3 Å². The van der Waals surface area contributed by atoms with Crippen molar-refractivity contribution >= 4 is 37.3 Å². The van der Waals surface area contributed by atoms with Crippen LogP contribution in [0.25, 0.3) is 0 Å². The third-order valence-electron chi connectivity index (χ3n) is 6.04. The van der Waals surface area contributed by atoms with Crippen LogP contribution in [0, 0.1) is 5.92 Å². The Labute approximate surface area is 245 Å². The summed E-state index contributed by atoms with van der Waals surface area (Å²) in [6.45, 7) is 5.54. The summed E-state index contributed by atoms with van der Waals surface area (Å²) in [5.41, 5.74) is 0.689. The van der Waals surface area contributed by atoms with Crippen molar-refractivity contribution in [2.75, 3.05) is 20.8 Å². The van der Waals surface area contributed by atoms with Gasteiger partial charge in [0.25, 0.3) is 0 Å². The number of amides is 4. The highest BCUT2D eigenvalue weighted by molar-refractivity contribution is 7.51. The lowest BCUT2D eigenvalue weighted by Gasteiger charge is -2.25. The second kappa shape index (κ2) is 17.6. The fraction of sp³-hybridized carbons (Fsp3) is 0.577. The van der Waals surface area contributed by atoms with E-state index in [9.17, 15) is 38.8 Å². The summed E-state index contributed by atoms with van der Waals surface area (Å²) in [4.78, 5) is 63.0. The number of carboxylic acid groups (broad SMARTS) is 1. The average Bonchev–Trinajstić information content (AvgIpc) is 2.94. The number of carboxylic acids is 1. The molecule has 15 nitrogen and oxygen atoms in total. The first kappa shape index (κ1) is 36.7. The molecule has 0 aromatic heterocycles. The Balaban J connectivity index is 2.99. The molecule has 0 unspecified atom stereocenters. The van der Waals surface area contributed by atoms with Crippen LogP contribution in [0.4, 0.5) is 0 Å². The summed E-state index contributed by atoms with van der Waals surface area (Å²) in [6, 6.07) is 2.61. The molecule has 7 N–H and O–H groups in total. The molecule has 0 aliphatic carbocycles. The first-order chi connectivity index (χ1) is 19.7. The predicted molar refractivity (Wildman–Crippen MR) is 152 cm³/mol. The molecule has 1 aromatic carbocycles. The molecule has 0 aliphatic rings. The molecule has 4 amide bonds. The third kappa shape index (κ3) is 12.2. The summed E-state index contributed by atoms with van der Waals surface area (Å²) in [6.07, 6.45) is 0.226. The highest BCUT2D eigenvalue weighted by Gasteiger charge is 2.32. The lowest BCUT2D eigenvalue weighted by atomic mass is 10.0. The molecule has 1 rings (SSSR count). The minimum Gasteiger partial charge on any atom is -0.480 e. The molecule has 236 valence electrons. The standard InChI is InChI=1S/C26H42N5O10P/c1-15(2)12-20(26(37)38)30-23(34)17(4)27-24(35)19(13-18-10-8-7-9-11-18)29-22(33)16(3)28-25(36)21(14-32)31-42(39,40-5)41-6/h7-11,15-17,19-21,32H,12-14H2,1-6H3,(H,27,35)(H,28,36)(H,29,33)(H,30,34)(H,31,39)(H,37,38)/t16-,17-,19-,20-,21-/m0/s1. The molecule has 0 aliphatic heterocycles. The molecule has 42 heavy (non-hydrogen) atoms. The van der Waals surface area contributed by atoms with Crippen molar-refractivity contribution in [2.45, 2.75) is 70.7 Å². The van der Waals surface area contributed by atoms with Crippen LogP contribution >= 0.6 is 7.75 Å². The van der Waals surface area contributed by atoms with Gasteiger partial charge in [-0.05, 0) is 31.7 Å². The fourth-order valence-electron chi connectivity index (χ4n) is 3.66. The van der Waals surface area contributed by atoms with Crippen molar-refractivity contribution in [1.82, 2.24) is 26.4 Å². The Bertz CT molecular complexity index is 1110. The molecule has 0 spiro atoms. The van der Waals surface area contributed by atoms with Gasteiger partial charge in [-0.3, -0.25) is 19.2 Å². The quantitative estimate of drug-likeness (QED) is 0.106. The van der Waals surface area contributed by atoms with Crippen LogP contribution in [0.1, 0.15) is 39.7 Å². The van der Waals surface area contributed by atoms with Crippen molar-refractivity contribution in [3.8, 4) is 0 Å². The van der Waals surface area contributed by atoms with E-state index in [2.05, 4.69) is 26.4 Å². The van der Waals surface area contributed by atoms with Crippen LogP contribution in [0.2, 0.25) is 0 Å². The van der Waals surface area contributed by atoms with Crippen LogP contribution in [0.15, 0.2) is 30.3 Å². The fourth-order valence-corrected chi connectivity index (χ4v) is 4.60. The van der Waals surface area contributed by atoms with Gasteiger partial charge in [0.1, 0.15) is 30.2 Å². The van der Waals surface area contributed by atoms with E-state index < -0.39 is 74.2 Å². The van der Waals surface area contributed by atoms with E-state index in [0.29, 0.717) is 5.56 Å². The van der Waals surface area contributed by atoms with Crippen molar-refractivity contribution in [2.24, 2.45) is 5.92 Å². The Morgan fingerprint density at radius 3 is 1.67 bits per heavy atom. The van der Waals surface area contributed by atoms with E-state index in [1.807, 2.05) is 13.8 Å². The van der Waals surface area contributed by atoms with E-state index in [0.717, 1.165) is 14.2 Å². The molecule has 5 atom stereocenters.